The summed E-state index contributed by atoms with van der Waals surface area (Å²) in [6, 6.07) is 2.12. The number of aliphatic carboxylic acids is 1. The lowest BCUT2D eigenvalue weighted by Gasteiger charge is -2.18. The molecule has 2 aromatic rings. The minimum absolute atomic E-state index is 0.125. The third-order valence-corrected chi connectivity index (χ3v) is 4.80. The van der Waals surface area contributed by atoms with Crippen LogP contribution < -0.4 is 25.7 Å². The van der Waals surface area contributed by atoms with E-state index in [1.807, 2.05) is 0 Å². The van der Waals surface area contributed by atoms with Gasteiger partial charge in [-0.3, -0.25) is 9.59 Å². The summed E-state index contributed by atoms with van der Waals surface area (Å²) >= 11 is 0. The Hall–Kier alpha value is -3.56. The van der Waals surface area contributed by atoms with Crippen molar-refractivity contribution in [3.8, 4) is 11.5 Å². The Balaban J connectivity index is 2.18. The van der Waals surface area contributed by atoms with Crippen molar-refractivity contribution in [1.29, 1.82) is 0 Å². The van der Waals surface area contributed by atoms with Gasteiger partial charge in [0.2, 0.25) is 11.8 Å². The Morgan fingerprint density at radius 1 is 1.13 bits per heavy atom. The molecule has 168 valence electrons. The number of carbonyl (C=O) groups excluding carboxylic acids is 2. The average molecular weight is 434 g/mol. The van der Waals surface area contributed by atoms with E-state index in [2.05, 4.69) is 10.6 Å². The van der Waals surface area contributed by atoms with Gasteiger partial charge in [-0.1, -0.05) is 13.8 Å². The Labute approximate surface area is 178 Å². The maximum absolute atomic E-state index is 12.4. The van der Waals surface area contributed by atoms with Gasteiger partial charge in [0.25, 0.3) is 0 Å². The molecule has 10 nitrogen and oxygen atoms in total. The molecule has 0 aliphatic heterocycles. The van der Waals surface area contributed by atoms with Crippen LogP contribution in [0.3, 0.4) is 0 Å². The number of nitrogens with one attached hydrogen (secondary N) is 2. The van der Waals surface area contributed by atoms with Crippen molar-refractivity contribution in [2.24, 2.45) is 5.92 Å². The zero-order chi connectivity index (χ0) is 23.3. The number of ether oxygens (including phenoxy) is 2. The summed E-state index contributed by atoms with van der Waals surface area (Å²) in [5, 5.41) is 14.4. The molecule has 1 heterocycles. The van der Waals surface area contributed by atoms with Gasteiger partial charge in [-0.05, 0) is 18.4 Å². The summed E-state index contributed by atoms with van der Waals surface area (Å²) in [4.78, 5) is 47.9. The molecular formula is C21H26N2O8. The Morgan fingerprint density at radius 3 is 2.35 bits per heavy atom. The van der Waals surface area contributed by atoms with Gasteiger partial charge in [-0.2, -0.15) is 0 Å². The van der Waals surface area contributed by atoms with Crippen molar-refractivity contribution in [3.05, 3.63) is 33.7 Å². The molecule has 3 N–H and O–H groups in total. The van der Waals surface area contributed by atoms with E-state index in [1.165, 1.54) is 14.2 Å². The first-order valence-corrected chi connectivity index (χ1v) is 9.56. The monoisotopic (exact) mass is 434 g/mol. The Bertz CT molecular complexity index is 1060. The molecule has 1 aromatic carbocycles. The van der Waals surface area contributed by atoms with Crippen molar-refractivity contribution >= 4 is 28.8 Å². The number of hydrogen-bond donors (Lipinski definition) is 3. The molecule has 0 spiro atoms. The summed E-state index contributed by atoms with van der Waals surface area (Å²) in [5.41, 5.74) is 0.205. The van der Waals surface area contributed by atoms with Crippen LogP contribution in [0.15, 0.2) is 21.3 Å². The number of benzene rings is 1. The lowest BCUT2D eigenvalue weighted by Crippen LogP contribution is -2.48. The van der Waals surface area contributed by atoms with E-state index in [1.54, 1.807) is 32.9 Å². The first-order valence-electron chi connectivity index (χ1n) is 9.56. The molecule has 1 aromatic heterocycles. The van der Waals surface area contributed by atoms with E-state index in [-0.39, 0.29) is 23.5 Å². The Kier molecular flexibility index (Phi) is 7.62. The maximum Gasteiger partial charge on any atom is 0.340 e. The van der Waals surface area contributed by atoms with Gasteiger partial charge in [0.15, 0.2) is 0 Å². The predicted molar refractivity (Wildman–Crippen MR) is 111 cm³/mol. The standard InChI is InChI=1S/C21H26N2O8/c1-10(2)19(20(26)27)23-17(25)9-22-16(24)8-13-11(3)18-14(30-5)6-12(29-4)7-15(18)31-21(13)28/h6-7,10,19H,8-9H2,1-5H3,(H,22,24)(H,23,25)(H,26,27)/t19-/m0/s1. The van der Waals surface area contributed by atoms with Gasteiger partial charge < -0.3 is 29.6 Å². The van der Waals surface area contributed by atoms with Crippen molar-refractivity contribution in [2.75, 3.05) is 20.8 Å². The molecule has 31 heavy (non-hydrogen) atoms. The largest absolute Gasteiger partial charge is 0.496 e. The zero-order valence-electron chi connectivity index (χ0n) is 18.0. The molecule has 0 aliphatic carbocycles. The average Bonchev–Trinajstić information content (AvgIpc) is 2.71. The van der Waals surface area contributed by atoms with Crippen LogP contribution in [0.1, 0.15) is 25.0 Å². The lowest BCUT2D eigenvalue weighted by molar-refractivity contribution is -0.143. The van der Waals surface area contributed by atoms with Crippen LogP contribution in [-0.4, -0.2) is 49.7 Å². The molecule has 0 bridgehead atoms. The molecule has 0 fully saturated rings. The molecule has 1 atom stereocenters. The zero-order valence-corrected chi connectivity index (χ0v) is 18.0. The second-order valence-corrected chi connectivity index (χ2v) is 7.28. The summed E-state index contributed by atoms with van der Waals surface area (Å²) in [6.07, 6.45) is -0.320. The SMILES string of the molecule is COc1cc(OC)c2c(C)c(CC(=O)NCC(=O)N[C@H](C(=O)O)C(C)C)c(=O)oc2c1. The van der Waals surface area contributed by atoms with Gasteiger partial charge in [-0.25, -0.2) is 9.59 Å². The van der Waals surface area contributed by atoms with Gasteiger partial charge in [0.05, 0.1) is 38.1 Å². The van der Waals surface area contributed by atoms with Crippen molar-refractivity contribution in [1.82, 2.24) is 10.6 Å². The molecule has 2 amide bonds. The first kappa shape index (κ1) is 23.7. The normalized spacial score (nSPS) is 11.8. The van der Waals surface area contributed by atoms with Crippen molar-refractivity contribution < 1.29 is 33.4 Å². The van der Waals surface area contributed by atoms with Crippen LogP contribution in [0.2, 0.25) is 0 Å². The summed E-state index contributed by atoms with van der Waals surface area (Å²) < 4.78 is 15.9. The third-order valence-electron chi connectivity index (χ3n) is 4.80. The van der Waals surface area contributed by atoms with E-state index < -0.39 is 36.0 Å². The molecule has 2 rings (SSSR count). The molecule has 0 radical (unpaired) electrons. The van der Waals surface area contributed by atoms with E-state index in [9.17, 15) is 19.2 Å². The molecule has 0 saturated carbocycles. The quantitative estimate of drug-likeness (QED) is 0.496. The topological polar surface area (TPSA) is 144 Å². The molecular weight excluding hydrogens is 408 g/mol. The number of methoxy groups -OCH3 is 2. The first-order chi connectivity index (χ1) is 14.6. The third kappa shape index (κ3) is 5.53. The maximum atomic E-state index is 12.4. The Morgan fingerprint density at radius 2 is 1.81 bits per heavy atom. The highest BCUT2D eigenvalue weighted by Crippen LogP contribution is 2.33. The van der Waals surface area contributed by atoms with Gasteiger partial charge in [0.1, 0.15) is 23.1 Å². The number of fused-ring (bicyclic) bond motifs is 1. The predicted octanol–water partition coefficient (Wildman–Crippen LogP) is 1.00. The van der Waals surface area contributed by atoms with Gasteiger partial charge >= 0.3 is 11.6 Å². The van der Waals surface area contributed by atoms with Crippen LogP contribution >= 0.6 is 0 Å². The summed E-state index contributed by atoms with van der Waals surface area (Å²) in [5.74, 6) is -1.85. The van der Waals surface area contributed by atoms with E-state index in [4.69, 9.17) is 19.0 Å². The second-order valence-electron chi connectivity index (χ2n) is 7.28. The lowest BCUT2D eigenvalue weighted by atomic mass is 10.0. The number of carboxylic acid groups (broad SMARTS) is 1. The summed E-state index contributed by atoms with van der Waals surface area (Å²) in [6.45, 7) is 4.56. The van der Waals surface area contributed by atoms with E-state index in [0.717, 1.165) is 0 Å². The van der Waals surface area contributed by atoms with Crippen molar-refractivity contribution in [3.63, 3.8) is 0 Å². The van der Waals surface area contributed by atoms with E-state index >= 15 is 0 Å². The van der Waals surface area contributed by atoms with Crippen LogP contribution in [0.4, 0.5) is 0 Å². The fourth-order valence-corrected chi connectivity index (χ4v) is 3.10. The number of carboxylic acids is 1. The minimum Gasteiger partial charge on any atom is -0.496 e. The second kappa shape index (κ2) is 9.96. The summed E-state index contributed by atoms with van der Waals surface area (Å²) in [7, 11) is 2.94. The number of carbonyl (C=O) groups is 3. The fourth-order valence-electron chi connectivity index (χ4n) is 3.10. The highest BCUT2D eigenvalue weighted by molar-refractivity contribution is 5.91. The number of hydrogen-bond acceptors (Lipinski definition) is 7. The van der Waals surface area contributed by atoms with Gasteiger partial charge in [-0.15, -0.1) is 0 Å². The van der Waals surface area contributed by atoms with Crippen LogP contribution in [0.5, 0.6) is 11.5 Å². The van der Waals surface area contributed by atoms with Crippen LogP contribution in [-0.2, 0) is 20.8 Å². The van der Waals surface area contributed by atoms with Crippen LogP contribution in [0, 0.1) is 12.8 Å². The minimum atomic E-state index is -1.16. The molecule has 0 unspecified atom stereocenters. The highest BCUT2D eigenvalue weighted by Gasteiger charge is 2.24. The van der Waals surface area contributed by atoms with Crippen molar-refractivity contribution in [2.45, 2.75) is 33.2 Å². The molecule has 0 aliphatic rings. The highest BCUT2D eigenvalue weighted by atomic mass is 16.5. The fraction of sp³-hybridized carbons (Fsp3) is 0.429. The number of rotatable bonds is 9. The number of amides is 2. The number of aryl methyl sites for hydroxylation is 1. The smallest absolute Gasteiger partial charge is 0.340 e. The van der Waals surface area contributed by atoms with E-state index in [0.29, 0.717) is 22.4 Å². The van der Waals surface area contributed by atoms with Gasteiger partial charge in [0, 0.05) is 12.1 Å². The molecule has 10 heteroatoms. The van der Waals surface area contributed by atoms with Crippen LogP contribution in [0.25, 0.3) is 11.0 Å². The molecule has 0 saturated heterocycles.